The molecule has 4 nitrogen and oxygen atoms in total. The number of hydrogen-bond donors (Lipinski definition) is 1. The number of amides is 2. The summed E-state index contributed by atoms with van der Waals surface area (Å²) in [6, 6.07) is 7.56. The van der Waals surface area contributed by atoms with Crippen LogP contribution in [0.2, 0.25) is 0 Å². The molecule has 2 rings (SSSR count). The Balaban J connectivity index is 2.11. The van der Waals surface area contributed by atoms with Crippen LogP contribution in [0.15, 0.2) is 24.3 Å². The molecule has 1 fully saturated rings. The van der Waals surface area contributed by atoms with Crippen molar-refractivity contribution in [2.24, 2.45) is 0 Å². The second-order valence-electron chi connectivity index (χ2n) is 4.91. The van der Waals surface area contributed by atoms with Gasteiger partial charge in [-0.25, -0.2) is 0 Å². The van der Waals surface area contributed by atoms with Crippen LogP contribution in [0, 0.1) is 6.92 Å². The van der Waals surface area contributed by atoms with Gasteiger partial charge in [-0.1, -0.05) is 31.2 Å². The summed E-state index contributed by atoms with van der Waals surface area (Å²) in [5, 5.41) is 2.81. The molecule has 1 aromatic rings. The summed E-state index contributed by atoms with van der Waals surface area (Å²) in [7, 11) is 0. The first-order valence-electron chi connectivity index (χ1n) is 6.75. The third-order valence-corrected chi connectivity index (χ3v) is 3.64. The van der Waals surface area contributed by atoms with Crippen molar-refractivity contribution in [1.29, 1.82) is 0 Å². The highest BCUT2D eigenvalue weighted by Gasteiger charge is 2.31. The smallest absolute Gasteiger partial charge is 0.242 e. The maximum absolute atomic E-state index is 12.4. The summed E-state index contributed by atoms with van der Waals surface area (Å²) in [6.07, 6.45) is 1.03. The molecule has 0 radical (unpaired) electrons. The highest BCUT2D eigenvalue weighted by Crippen LogP contribution is 2.14. The molecule has 0 bridgehead atoms. The van der Waals surface area contributed by atoms with Gasteiger partial charge in [0.1, 0.15) is 6.04 Å². The van der Waals surface area contributed by atoms with Crippen LogP contribution in [0.5, 0.6) is 0 Å². The fourth-order valence-electron chi connectivity index (χ4n) is 2.49. The lowest BCUT2D eigenvalue weighted by atomic mass is 10.0. The summed E-state index contributed by atoms with van der Waals surface area (Å²) in [6.45, 7) is 5.09. The summed E-state index contributed by atoms with van der Waals surface area (Å²) in [4.78, 5) is 25.8. The maximum atomic E-state index is 12.4. The number of benzene rings is 1. The number of carbonyl (C=O) groups excluding carboxylic acids is 2. The van der Waals surface area contributed by atoms with E-state index in [4.69, 9.17) is 0 Å². The zero-order chi connectivity index (χ0) is 13.8. The number of hydrogen-bond acceptors (Lipinski definition) is 2. The van der Waals surface area contributed by atoms with E-state index in [2.05, 4.69) is 5.32 Å². The van der Waals surface area contributed by atoms with Crippen LogP contribution in [0.4, 0.5) is 0 Å². The molecule has 0 saturated carbocycles. The summed E-state index contributed by atoms with van der Waals surface area (Å²) < 4.78 is 0. The Labute approximate surface area is 113 Å². The molecular formula is C15H20N2O2. The average Bonchev–Trinajstić information content (AvgIpc) is 2.41. The van der Waals surface area contributed by atoms with Gasteiger partial charge in [0, 0.05) is 13.1 Å². The summed E-state index contributed by atoms with van der Waals surface area (Å²) in [5.41, 5.74) is 2.15. The van der Waals surface area contributed by atoms with E-state index in [-0.39, 0.29) is 17.9 Å². The first-order valence-corrected chi connectivity index (χ1v) is 6.75. The summed E-state index contributed by atoms with van der Waals surface area (Å²) in [5.74, 6) is 0.00267. The van der Waals surface area contributed by atoms with E-state index in [1.54, 1.807) is 4.90 Å². The Morgan fingerprint density at radius 3 is 2.84 bits per heavy atom. The third kappa shape index (κ3) is 2.95. The van der Waals surface area contributed by atoms with E-state index in [0.29, 0.717) is 25.9 Å². The van der Waals surface area contributed by atoms with Crippen LogP contribution in [0.1, 0.15) is 24.5 Å². The van der Waals surface area contributed by atoms with Crippen molar-refractivity contribution < 1.29 is 9.59 Å². The van der Waals surface area contributed by atoms with Gasteiger partial charge in [0.05, 0.1) is 6.42 Å². The van der Waals surface area contributed by atoms with Gasteiger partial charge in [-0.15, -0.1) is 0 Å². The zero-order valence-electron chi connectivity index (χ0n) is 11.5. The van der Waals surface area contributed by atoms with E-state index >= 15 is 0 Å². The van der Waals surface area contributed by atoms with Gasteiger partial charge < -0.3 is 10.2 Å². The largest absolute Gasteiger partial charge is 0.353 e. The van der Waals surface area contributed by atoms with Crippen LogP contribution in [0.25, 0.3) is 0 Å². The van der Waals surface area contributed by atoms with Gasteiger partial charge in [-0.2, -0.15) is 0 Å². The Morgan fingerprint density at radius 2 is 2.16 bits per heavy atom. The zero-order valence-corrected chi connectivity index (χ0v) is 11.5. The molecule has 1 aromatic carbocycles. The van der Waals surface area contributed by atoms with Crippen molar-refractivity contribution in [3.8, 4) is 0 Å². The predicted octanol–water partition coefficient (Wildman–Crippen LogP) is 1.27. The number of carbonyl (C=O) groups is 2. The van der Waals surface area contributed by atoms with E-state index in [0.717, 1.165) is 11.1 Å². The van der Waals surface area contributed by atoms with E-state index in [1.165, 1.54) is 0 Å². The lowest BCUT2D eigenvalue weighted by molar-refractivity contribution is -0.142. The Bertz CT molecular complexity index is 485. The van der Waals surface area contributed by atoms with Crippen LogP contribution in [-0.2, 0) is 16.0 Å². The molecule has 1 heterocycles. The molecule has 0 aromatic heterocycles. The molecule has 1 N–H and O–H groups in total. The molecule has 1 aliphatic heterocycles. The van der Waals surface area contributed by atoms with Crippen molar-refractivity contribution in [3.05, 3.63) is 35.4 Å². The number of aryl methyl sites for hydroxylation is 1. The Morgan fingerprint density at radius 1 is 1.42 bits per heavy atom. The van der Waals surface area contributed by atoms with Crippen molar-refractivity contribution in [1.82, 2.24) is 10.2 Å². The quantitative estimate of drug-likeness (QED) is 0.890. The minimum Gasteiger partial charge on any atom is -0.353 e. The molecule has 102 valence electrons. The Hall–Kier alpha value is -1.84. The molecule has 0 spiro atoms. The molecule has 1 saturated heterocycles. The van der Waals surface area contributed by atoms with Gasteiger partial charge in [0.2, 0.25) is 11.8 Å². The molecule has 2 amide bonds. The van der Waals surface area contributed by atoms with Gasteiger partial charge in [-0.3, -0.25) is 9.59 Å². The van der Waals surface area contributed by atoms with Crippen molar-refractivity contribution in [3.63, 3.8) is 0 Å². The van der Waals surface area contributed by atoms with Crippen LogP contribution < -0.4 is 5.32 Å². The van der Waals surface area contributed by atoms with Crippen LogP contribution in [-0.4, -0.2) is 35.8 Å². The minimum atomic E-state index is -0.315. The first-order chi connectivity index (χ1) is 9.13. The second-order valence-corrected chi connectivity index (χ2v) is 4.91. The van der Waals surface area contributed by atoms with Crippen molar-refractivity contribution >= 4 is 11.8 Å². The van der Waals surface area contributed by atoms with Gasteiger partial charge in [0.15, 0.2) is 0 Å². The predicted molar refractivity (Wildman–Crippen MR) is 73.7 cm³/mol. The van der Waals surface area contributed by atoms with Crippen molar-refractivity contribution in [2.45, 2.75) is 32.7 Å². The van der Waals surface area contributed by atoms with Crippen LogP contribution in [0.3, 0.4) is 0 Å². The molecule has 1 unspecified atom stereocenters. The number of rotatable bonds is 3. The molecule has 0 aliphatic carbocycles. The normalized spacial score (nSPS) is 19.2. The molecule has 19 heavy (non-hydrogen) atoms. The van der Waals surface area contributed by atoms with E-state index < -0.39 is 0 Å². The maximum Gasteiger partial charge on any atom is 0.242 e. The van der Waals surface area contributed by atoms with E-state index in [9.17, 15) is 9.59 Å². The minimum absolute atomic E-state index is 0.0353. The average molecular weight is 260 g/mol. The van der Waals surface area contributed by atoms with E-state index in [1.807, 2.05) is 38.1 Å². The lowest BCUT2D eigenvalue weighted by Crippen LogP contribution is -2.57. The fourth-order valence-corrected chi connectivity index (χ4v) is 2.49. The number of piperazine rings is 1. The number of nitrogens with zero attached hydrogens (tertiary/aromatic N) is 1. The fraction of sp³-hybridized carbons (Fsp3) is 0.467. The molecule has 4 heteroatoms. The van der Waals surface area contributed by atoms with Crippen LogP contribution >= 0.6 is 0 Å². The monoisotopic (exact) mass is 260 g/mol. The highest BCUT2D eigenvalue weighted by molar-refractivity contribution is 5.89. The Kier molecular flexibility index (Phi) is 4.20. The number of nitrogens with one attached hydrogen (secondary N) is 1. The SMILES string of the molecule is CCC1C(=O)NCCN1C(=O)Cc1ccccc1C. The van der Waals surface area contributed by atoms with Gasteiger partial charge >= 0.3 is 0 Å². The van der Waals surface area contributed by atoms with Crippen molar-refractivity contribution in [2.75, 3.05) is 13.1 Å². The van der Waals surface area contributed by atoms with Gasteiger partial charge in [-0.05, 0) is 24.5 Å². The molecule has 1 atom stereocenters. The molecular weight excluding hydrogens is 240 g/mol. The second kappa shape index (κ2) is 5.87. The molecule has 1 aliphatic rings. The third-order valence-electron chi connectivity index (χ3n) is 3.64. The first kappa shape index (κ1) is 13.6. The summed E-state index contributed by atoms with van der Waals surface area (Å²) >= 11 is 0. The standard InChI is InChI=1S/C15H20N2O2/c1-3-13-15(19)16-8-9-17(13)14(18)10-12-7-5-4-6-11(12)2/h4-7,13H,3,8-10H2,1-2H3,(H,16,19). The lowest BCUT2D eigenvalue weighted by Gasteiger charge is -2.34. The highest BCUT2D eigenvalue weighted by atomic mass is 16.2. The topological polar surface area (TPSA) is 49.4 Å². The van der Waals surface area contributed by atoms with Gasteiger partial charge in [0.25, 0.3) is 0 Å².